The van der Waals surface area contributed by atoms with Crippen LogP contribution in [-0.2, 0) is 21.8 Å². The summed E-state index contributed by atoms with van der Waals surface area (Å²) in [5, 5.41) is 4.17. The lowest BCUT2D eigenvalue weighted by atomic mass is 10.2. The number of carbonyl (C=O) groups is 1. The number of carbonyl (C=O) groups excluding carboxylic acids is 1. The molecule has 7 nitrogen and oxygen atoms in total. The van der Waals surface area contributed by atoms with Crippen LogP contribution in [0, 0.1) is 13.8 Å². The molecule has 2 aromatic rings. The summed E-state index contributed by atoms with van der Waals surface area (Å²) in [5.41, 5.74) is 1.80. The topological polar surface area (TPSA) is 90.3 Å². The molecular weight excluding hydrogens is 306 g/mol. The third kappa shape index (κ3) is 2.96. The van der Waals surface area contributed by atoms with Gasteiger partial charge in [-0.1, -0.05) is 0 Å². The van der Waals surface area contributed by atoms with Crippen LogP contribution in [0.25, 0.3) is 0 Å². The molecule has 0 fully saturated rings. The average molecular weight is 323 g/mol. The molecule has 0 spiro atoms. The highest BCUT2D eigenvalue weighted by Gasteiger charge is 2.19. The second kappa shape index (κ2) is 5.80. The van der Waals surface area contributed by atoms with Crippen molar-refractivity contribution in [1.82, 2.24) is 9.78 Å². The summed E-state index contributed by atoms with van der Waals surface area (Å²) in [4.78, 5) is 11.4. The summed E-state index contributed by atoms with van der Waals surface area (Å²) in [6.45, 7) is 3.60. The zero-order valence-corrected chi connectivity index (χ0v) is 13.6. The Labute approximate surface area is 129 Å². The molecule has 1 aromatic heterocycles. The molecule has 0 saturated heterocycles. The Bertz CT molecular complexity index is 807. The van der Waals surface area contributed by atoms with Gasteiger partial charge in [0.2, 0.25) is 0 Å². The fraction of sp³-hybridized carbons (Fsp3) is 0.286. The molecule has 1 N–H and O–H groups in total. The Balaban J connectivity index is 2.33. The quantitative estimate of drug-likeness (QED) is 0.864. The lowest BCUT2D eigenvalue weighted by Gasteiger charge is -2.09. The van der Waals surface area contributed by atoms with Gasteiger partial charge >= 0.3 is 5.97 Å². The molecule has 2 rings (SSSR count). The van der Waals surface area contributed by atoms with Crippen LogP contribution in [0.3, 0.4) is 0 Å². The summed E-state index contributed by atoms with van der Waals surface area (Å²) >= 11 is 0. The van der Waals surface area contributed by atoms with Crippen molar-refractivity contribution in [3.63, 3.8) is 0 Å². The Morgan fingerprint density at radius 2 is 1.82 bits per heavy atom. The van der Waals surface area contributed by atoms with Crippen LogP contribution in [0.1, 0.15) is 21.6 Å². The van der Waals surface area contributed by atoms with Gasteiger partial charge in [0.05, 0.1) is 23.3 Å². The van der Waals surface area contributed by atoms with Gasteiger partial charge in [0.15, 0.2) is 0 Å². The number of aromatic nitrogens is 2. The van der Waals surface area contributed by atoms with Crippen molar-refractivity contribution in [2.24, 2.45) is 7.05 Å². The monoisotopic (exact) mass is 323 g/mol. The summed E-state index contributed by atoms with van der Waals surface area (Å²) in [7, 11) is -0.826. The van der Waals surface area contributed by atoms with Crippen molar-refractivity contribution in [3.8, 4) is 0 Å². The number of aryl methyl sites for hydroxylation is 2. The van der Waals surface area contributed by atoms with Crippen molar-refractivity contribution in [1.29, 1.82) is 0 Å². The predicted octanol–water partition coefficient (Wildman–Crippen LogP) is 1.62. The number of anilines is 1. The first-order valence-corrected chi connectivity index (χ1v) is 7.96. The summed E-state index contributed by atoms with van der Waals surface area (Å²) in [5.74, 6) is -0.107. The van der Waals surface area contributed by atoms with Crippen molar-refractivity contribution >= 4 is 21.8 Å². The van der Waals surface area contributed by atoms with E-state index in [2.05, 4.69) is 14.6 Å². The molecule has 0 bridgehead atoms. The zero-order valence-electron chi connectivity index (χ0n) is 12.7. The molecule has 0 aliphatic rings. The number of ether oxygens (including phenoxy) is 1. The van der Waals surface area contributed by atoms with Gasteiger partial charge in [0.1, 0.15) is 5.82 Å². The van der Waals surface area contributed by atoms with E-state index >= 15 is 0 Å². The number of hydrogen-bond donors (Lipinski definition) is 1. The molecular formula is C14H17N3O4S. The van der Waals surface area contributed by atoms with E-state index in [0.717, 1.165) is 11.3 Å². The van der Waals surface area contributed by atoms with E-state index in [-0.39, 0.29) is 10.5 Å². The predicted molar refractivity (Wildman–Crippen MR) is 81.3 cm³/mol. The van der Waals surface area contributed by atoms with Crippen LogP contribution in [-0.4, -0.2) is 31.3 Å². The first kappa shape index (κ1) is 16.0. The van der Waals surface area contributed by atoms with Crippen molar-refractivity contribution < 1.29 is 17.9 Å². The number of nitrogens with one attached hydrogen (secondary N) is 1. The second-order valence-corrected chi connectivity index (χ2v) is 6.49. The van der Waals surface area contributed by atoms with E-state index in [1.54, 1.807) is 20.9 Å². The first-order valence-electron chi connectivity index (χ1n) is 6.47. The maximum Gasteiger partial charge on any atom is 0.337 e. The van der Waals surface area contributed by atoms with Gasteiger partial charge in [0, 0.05) is 12.6 Å². The van der Waals surface area contributed by atoms with Crippen molar-refractivity contribution in [3.05, 3.63) is 41.1 Å². The van der Waals surface area contributed by atoms with Gasteiger partial charge in [-0.25, -0.2) is 13.2 Å². The Morgan fingerprint density at radius 1 is 1.23 bits per heavy atom. The number of methoxy groups -OCH3 is 1. The Hall–Kier alpha value is -2.35. The van der Waals surface area contributed by atoms with Crippen LogP contribution in [0.4, 0.5) is 5.82 Å². The highest BCUT2D eigenvalue weighted by atomic mass is 32.2. The maximum absolute atomic E-state index is 12.4. The van der Waals surface area contributed by atoms with E-state index < -0.39 is 16.0 Å². The van der Waals surface area contributed by atoms with Crippen LogP contribution < -0.4 is 4.72 Å². The molecule has 0 radical (unpaired) electrons. The Kier molecular flexibility index (Phi) is 4.23. The van der Waals surface area contributed by atoms with E-state index in [0.29, 0.717) is 5.82 Å². The van der Waals surface area contributed by atoms with E-state index in [1.165, 1.54) is 36.1 Å². The molecule has 0 aliphatic carbocycles. The number of rotatable bonds is 4. The zero-order chi connectivity index (χ0) is 16.5. The third-order valence-electron chi connectivity index (χ3n) is 3.34. The summed E-state index contributed by atoms with van der Waals surface area (Å²) in [6, 6.07) is 5.52. The highest BCUT2D eigenvalue weighted by molar-refractivity contribution is 7.92. The van der Waals surface area contributed by atoms with Gasteiger partial charge in [-0.2, -0.15) is 5.10 Å². The van der Waals surface area contributed by atoms with Gasteiger partial charge in [-0.15, -0.1) is 0 Å². The van der Waals surface area contributed by atoms with Crippen LogP contribution in [0.5, 0.6) is 0 Å². The van der Waals surface area contributed by atoms with Gasteiger partial charge in [-0.3, -0.25) is 9.40 Å². The number of nitrogens with zero attached hydrogens (tertiary/aromatic N) is 2. The highest BCUT2D eigenvalue weighted by Crippen LogP contribution is 2.21. The maximum atomic E-state index is 12.4. The fourth-order valence-electron chi connectivity index (χ4n) is 1.98. The van der Waals surface area contributed by atoms with E-state index in [4.69, 9.17) is 0 Å². The molecule has 0 unspecified atom stereocenters. The largest absolute Gasteiger partial charge is 0.465 e. The SMILES string of the molecule is COC(=O)c1ccc(S(=O)(=O)Nc2c(C)c(C)nn2C)cc1. The van der Waals surface area contributed by atoms with E-state index in [1.807, 2.05) is 0 Å². The smallest absolute Gasteiger partial charge is 0.337 e. The second-order valence-electron chi connectivity index (χ2n) is 4.80. The first-order chi connectivity index (χ1) is 10.3. The normalized spacial score (nSPS) is 11.3. The van der Waals surface area contributed by atoms with Gasteiger partial charge in [-0.05, 0) is 38.1 Å². The number of benzene rings is 1. The van der Waals surface area contributed by atoms with Crippen LogP contribution in [0.2, 0.25) is 0 Å². The van der Waals surface area contributed by atoms with E-state index in [9.17, 15) is 13.2 Å². The molecule has 8 heteroatoms. The third-order valence-corrected chi connectivity index (χ3v) is 4.69. The summed E-state index contributed by atoms with van der Waals surface area (Å²) < 4.78 is 33.4. The standard InChI is InChI=1S/C14H17N3O4S/c1-9-10(2)15-17(3)13(9)16-22(19,20)12-7-5-11(6-8-12)14(18)21-4/h5-8,16H,1-4H3. The van der Waals surface area contributed by atoms with Gasteiger partial charge in [0.25, 0.3) is 10.0 Å². The minimum absolute atomic E-state index is 0.0541. The van der Waals surface area contributed by atoms with Crippen molar-refractivity contribution in [2.45, 2.75) is 18.7 Å². The van der Waals surface area contributed by atoms with Crippen molar-refractivity contribution in [2.75, 3.05) is 11.8 Å². The number of esters is 1. The molecule has 22 heavy (non-hydrogen) atoms. The average Bonchev–Trinajstić information content (AvgIpc) is 2.73. The molecule has 0 amide bonds. The molecule has 1 heterocycles. The molecule has 118 valence electrons. The Morgan fingerprint density at radius 3 is 2.27 bits per heavy atom. The molecule has 0 aliphatic heterocycles. The minimum Gasteiger partial charge on any atom is -0.465 e. The molecule has 1 aromatic carbocycles. The lowest BCUT2D eigenvalue weighted by Crippen LogP contribution is -2.16. The molecule has 0 saturated carbocycles. The van der Waals surface area contributed by atoms with Crippen LogP contribution in [0.15, 0.2) is 29.2 Å². The van der Waals surface area contributed by atoms with Crippen LogP contribution >= 0.6 is 0 Å². The number of sulfonamides is 1. The minimum atomic E-state index is -3.76. The van der Waals surface area contributed by atoms with Gasteiger partial charge < -0.3 is 4.74 Å². The number of hydrogen-bond acceptors (Lipinski definition) is 5. The summed E-state index contributed by atoms with van der Waals surface area (Å²) in [6.07, 6.45) is 0. The fourth-order valence-corrected chi connectivity index (χ4v) is 3.13. The molecule has 0 atom stereocenters. The lowest BCUT2D eigenvalue weighted by molar-refractivity contribution is 0.0600.